The fourth-order valence-electron chi connectivity index (χ4n) is 2.62. The van der Waals surface area contributed by atoms with Gasteiger partial charge in [-0.05, 0) is 18.6 Å². The first-order valence-electron chi connectivity index (χ1n) is 8.49. The second-order valence-corrected chi connectivity index (χ2v) is 5.84. The molecule has 0 aromatic heterocycles. The van der Waals surface area contributed by atoms with Gasteiger partial charge < -0.3 is 14.8 Å². The molecule has 4 heteroatoms. The van der Waals surface area contributed by atoms with Crippen LogP contribution in [-0.4, -0.2) is 12.7 Å². The van der Waals surface area contributed by atoms with E-state index < -0.39 is 0 Å². The second-order valence-electron chi connectivity index (χ2n) is 5.84. The monoisotopic (exact) mass is 305 g/mol. The van der Waals surface area contributed by atoms with Gasteiger partial charge in [-0.2, -0.15) is 0 Å². The maximum absolute atomic E-state index is 11.9. The van der Waals surface area contributed by atoms with Crippen molar-refractivity contribution in [1.82, 2.24) is 0 Å². The molecule has 0 radical (unpaired) electrons. The number of unbranched alkanes of at least 4 members (excludes halogenated alkanes) is 7. The normalized spacial score (nSPS) is 12.4. The van der Waals surface area contributed by atoms with Gasteiger partial charge in [0.1, 0.15) is 0 Å². The molecule has 0 unspecified atom stereocenters. The third-order valence-corrected chi connectivity index (χ3v) is 3.91. The Morgan fingerprint density at radius 3 is 2.45 bits per heavy atom. The largest absolute Gasteiger partial charge is 0.454 e. The molecule has 0 aliphatic carbocycles. The number of amides is 1. The van der Waals surface area contributed by atoms with Gasteiger partial charge in [0, 0.05) is 18.2 Å². The summed E-state index contributed by atoms with van der Waals surface area (Å²) in [4.78, 5) is 11.9. The number of benzene rings is 1. The Morgan fingerprint density at radius 2 is 1.68 bits per heavy atom. The number of rotatable bonds is 10. The first-order valence-corrected chi connectivity index (χ1v) is 8.49. The molecule has 1 aliphatic heterocycles. The molecular weight excluding hydrogens is 278 g/mol. The molecule has 22 heavy (non-hydrogen) atoms. The summed E-state index contributed by atoms with van der Waals surface area (Å²) in [5, 5.41) is 2.92. The highest BCUT2D eigenvalue weighted by Crippen LogP contribution is 2.34. The van der Waals surface area contributed by atoms with E-state index in [0.717, 1.165) is 24.3 Å². The predicted molar refractivity (Wildman–Crippen MR) is 88.4 cm³/mol. The molecule has 1 aromatic rings. The lowest BCUT2D eigenvalue weighted by atomic mass is 10.1. The molecule has 0 fully saturated rings. The second kappa shape index (κ2) is 9.34. The molecule has 1 aliphatic rings. The van der Waals surface area contributed by atoms with Crippen molar-refractivity contribution in [2.24, 2.45) is 0 Å². The molecule has 0 bridgehead atoms. The van der Waals surface area contributed by atoms with Gasteiger partial charge in [0.2, 0.25) is 12.7 Å². The lowest BCUT2D eigenvalue weighted by Crippen LogP contribution is -2.10. The lowest BCUT2D eigenvalue weighted by molar-refractivity contribution is -0.116. The van der Waals surface area contributed by atoms with Crippen LogP contribution < -0.4 is 14.8 Å². The van der Waals surface area contributed by atoms with E-state index >= 15 is 0 Å². The minimum atomic E-state index is 0.0739. The molecule has 0 saturated heterocycles. The lowest BCUT2D eigenvalue weighted by Gasteiger charge is -2.06. The highest BCUT2D eigenvalue weighted by Gasteiger charge is 2.13. The molecular formula is C18H27NO3. The van der Waals surface area contributed by atoms with E-state index in [1.54, 1.807) is 0 Å². The van der Waals surface area contributed by atoms with E-state index in [4.69, 9.17) is 9.47 Å². The summed E-state index contributed by atoms with van der Waals surface area (Å²) in [6.45, 7) is 2.49. The van der Waals surface area contributed by atoms with Crippen molar-refractivity contribution in [3.05, 3.63) is 18.2 Å². The van der Waals surface area contributed by atoms with Gasteiger partial charge in [0.25, 0.3) is 0 Å². The molecule has 1 N–H and O–H groups in total. The topological polar surface area (TPSA) is 47.6 Å². The van der Waals surface area contributed by atoms with Crippen LogP contribution in [0.5, 0.6) is 11.5 Å². The van der Waals surface area contributed by atoms with Gasteiger partial charge in [-0.15, -0.1) is 0 Å². The summed E-state index contributed by atoms with van der Waals surface area (Å²) in [6.07, 6.45) is 10.5. The minimum Gasteiger partial charge on any atom is -0.454 e. The number of fused-ring (bicyclic) bond motifs is 1. The van der Waals surface area contributed by atoms with Crippen molar-refractivity contribution in [1.29, 1.82) is 0 Å². The zero-order valence-corrected chi connectivity index (χ0v) is 13.5. The highest BCUT2D eigenvalue weighted by molar-refractivity contribution is 5.91. The molecule has 2 rings (SSSR count). The Bertz CT molecular complexity index is 473. The Balaban J connectivity index is 1.56. The van der Waals surface area contributed by atoms with Crippen LogP contribution >= 0.6 is 0 Å². The maximum atomic E-state index is 11.9. The van der Waals surface area contributed by atoms with Gasteiger partial charge >= 0.3 is 0 Å². The number of hydrogen-bond acceptors (Lipinski definition) is 3. The third-order valence-electron chi connectivity index (χ3n) is 3.91. The molecule has 4 nitrogen and oxygen atoms in total. The zero-order chi connectivity index (χ0) is 15.6. The van der Waals surface area contributed by atoms with E-state index in [2.05, 4.69) is 12.2 Å². The number of hydrogen-bond donors (Lipinski definition) is 1. The van der Waals surface area contributed by atoms with Crippen LogP contribution in [0.25, 0.3) is 0 Å². The smallest absolute Gasteiger partial charge is 0.231 e. The van der Waals surface area contributed by atoms with E-state index in [0.29, 0.717) is 12.2 Å². The summed E-state index contributed by atoms with van der Waals surface area (Å²) in [6, 6.07) is 5.49. The van der Waals surface area contributed by atoms with Gasteiger partial charge in [0.05, 0.1) is 0 Å². The molecule has 0 saturated carbocycles. The summed E-state index contributed by atoms with van der Waals surface area (Å²) in [5.41, 5.74) is 0.772. The van der Waals surface area contributed by atoms with Crippen LogP contribution in [0.1, 0.15) is 64.7 Å². The predicted octanol–water partition coefficient (Wildman–Crippen LogP) is 4.88. The van der Waals surface area contributed by atoms with E-state index in [1.165, 1.54) is 38.5 Å². The maximum Gasteiger partial charge on any atom is 0.231 e. The molecule has 0 atom stereocenters. The average Bonchev–Trinajstić information content (AvgIpc) is 2.97. The fraction of sp³-hybridized carbons (Fsp3) is 0.611. The van der Waals surface area contributed by atoms with Crippen LogP contribution in [0.15, 0.2) is 18.2 Å². The van der Waals surface area contributed by atoms with Crippen LogP contribution in [0, 0.1) is 0 Å². The molecule has 122 valence electrons. The molecule has 1 aromatic carbocycles. The van der Waals surface area contributed by atoms with Crippen LogP contribution in [-0.2, 0) is 4.79 Å². The van der Waals surface area contributed by atoms with Gasteiger partial charge in [-0.1, -0.05) is 51.9 Å². The number of nitrogens with one attached hydrogen (secondary N) is 1. The van der Waals surface area contributed by atoms with Gasteiger partial charge in [-0.25, -0.2) is 0 Å². The number of ether oxygens (including phenoxy) is 2. The van der Waals surface area contributed by atoms with Crippen molar-refractivity contribution in [2.75, 3.05) is 12.1 Å². The number of anilines is 1. The number of carbonyl (C=O) groups excluding carboxylic acids is 1. The molecule has 1 heterocycles. The van der Waals surface area contributed by atoms with Crippen LogP contribution in [0.4, 0.5) is 5.69 Å². The molecule has 0 spiro atoms. The highest BCUT2D eigenvalue weighted by atomic mass is 16.7. The summed E-state index contributed by atoms with van der Waals surface area (Å²) >= 11 is 0. The van der Waals surface area contributed by atoms with Gasteiger partial charge in [0.15, 0.2) is 11.5 Å². The van der Waals surface area contributed by atoms with Crippen molar-refractivity contribution < 1.29 is 14.3 Å². The Morgan fingerprint density at radius 1 is 1.00 bits per heavy atom. The van der Waals surface area contributed by atoms with Crippen molar-refractivity contribution in [3.63, 3.8) is 0 Å². The SMILES string of the molecule is CCCCCCCCCCC(=O)Nc1ccc2c(c1)OCO2. The first-order chi connectivity index (χ1) is 10.8. The van der Waals surface area contributed by atoms with Crippen molar-refractivity contribution in [3.8, 4) is 11.5 Å². The number of carbonyl (C=O) groups is 1. The Kier molecular flexibility index (Phi) is 7.07. The van der Waals surface area contributed by atoms with E-state index in [1.807, 2.05) is 18.2 Å². The summed E-state index contributed by atoms with van der Waals surface area (Å²) in [5.74, 6) is 1.51. The van der Waals surface area contributed by atoms with Crippen molar-refractivity contribution >= 4 is 11.6 Å². The average molecular weight is 305 g/mol. The Hall–Kier alpha value is -1.71. The van der Waals surface area contributed by atoms with Crippen LogP contribution in [0.2, 0.25) is 0 Å². The summed E-state index contributed by atoms with van der Waals surface area (Å²) < 4.78 is 10.6. The Labute approximate surface area is 133 Å². The van der Waals surface area contributed by atoms with Crippen molar-refractivity contribution in [2.45, 2.75) is 64.7 Å². The van der Waals surface area contributed by atoms with Gasteiger partial charge in [-0.3, -0.25) is 4.79 Å². The van der Waals surface area contributed by atoms with E-state index in [9.17, 15) is 4.79 Å². The standard InChI is InChI=1S/C18H27NO3/c1-2-3-4-5-6-7-8-9-10-18(20)19-15-11-12-16-17(13-15)22-14-21-16/h11-13H,2-10,14H2,1H3,(H,19,20). The fourth-order valence-corrected chi connectivity index (χ4v) is 2.62. The van der Waals surface area contributed by atoms with E-state index in [-0.39, 0.29) is 12.7 Å². The quantitative estimate of drug-likeness (QED) is 0.626. The molecule has 1 amide bonds. The zero-order valence-electron chi connectivity index (χ0n) is 13.5. The summed E-state index contributed by atoms with van der Waals surface area (Å²) in [7, 11) is 0. The third kappa shape index (κ3) is 5.58. The minimum absolute atomic E-state index is 0.0739. The van der Waals surface area contributed by atoms with Crippen LogP contribution in [0.3, 0.4) is 0 Å². The first kappa shape index (κ1) is 16.7.